The van der Waals surface area contributed by atoms with Gasteiger partial charge in [-0.15, -0.1) is 0 Å². The van der Waals surface area contributed by atoms with Crippen LogP contribution in [0.1, 0.15) is 27.2 Å². The number of carbonyl (C=O) groups excluding carboxylic acids is 1. The fourth-order valence-corrected chi connectivity index (χ4v) is 0.725. The minimum atomic E-state index is 0.396. The Balaban J connectivity index is 3.63. The molecular weight excluding hydrogens is 114 g/mol. The Morgan fingerprint density at radius 3 is 2.22 bits per heavy atom. The maximum Gasteiger partial charge on any atom is 0.209 e. The first-order valence-electron chi connectivity index (χ1n) is 3.47. The number of rotatable bonds is 4. The molecule has 0 aromatic heterocycles. The molecule has 0 aliphatic rings. The van der Waals surface area contributed by atoms with Gasteiger partial charge in [-0.2, -0.15) is 0 Å². The van der Waals surface area contributed by atoms with E-state index in [1.807, 2.05) is 6.92 Å². The van der Waals surface area contributed by atoms with Crippen LogP contribution in [0.4, 0.5) is 0 Å². The number of hydrogen-bond acceptors (Lipinski definition) is 1. The molecule has 0 saturated carbocycles. The quantitative estimate of drug-likeness (QED) is 0.523. The molecule has 0 spiro atoms. The van der Waals surface area contributed by atoms with Crippen molar-refractivity contribution in [2.45, 2.75) is 33.2 Å². The van der Waals surface area contributed by atoms with Crippen LogP contribution >= 0.6 is 0 Å². The van der Waals surface area contributed by atoms with Crippen LogP contribution in [0.5, 0.6) is 0 Å². The molecule has 0 fully saturated rings. The summed E-state index contributed by atoms with van der Waals surface area (Å²) in [6, 6.07) is 0.396. The average Bonchev–Trinajstić information content (AvgIpc) is 1.90. The van der Waals surface area contributed by atoms with Crippen LogP contribution in [0.25, 0.3) is 0 Å². The Kier molecular flexibility index (Phi) is 4.10. The van der Waals surface area contributed by atoms with Crippen molar-refractivity contribution < 1.29 is 4.79 Å². The van der Waals surface area contributed by atoms with E-state index in [9.17, 15) is 4.79 Å². The third kappa shape index (κ3) is 2.49. The first kappa shape index (κ1) is 8.47. The Hall–Kier alpha value is -0.530. The molecule has 2 heteroatoms. The largest absolute Gasteiger partial charge is 0.343 e. The van der Waals surface area contributed by atoms with Crippen molar-refractivity contribution in [2.24, 2.45) is 0 Å². The van der Waals surface area contributed by atoms with E-state index < -0.39 is 0 Å². The van der Waals surface area contributed by atoms with Gasteiger partial charge in [0.05, 0.1) is 0 Å². The lowest BCUT2D eigenvalue weighted by Crippen LogP contribution is -2.30. The topological polar surface area (TPSA) is 20.3 Å². The minimum absolute atomic E-state index is 0.396. The summed E-state index contributed by atoms with van der Waals surface area (Å²) in [5, 5.41) is 0. The molecule has 0 aliphatic heterocycles. The van der Waals surface area contributed by atoms with Crippen molar-refractivity contribution in [3.63, 3.8) is 0 Å². The first-order valence-corrected chi connectivity index (χ1v) is 3.47. The van der Waals surface area contributed by atoms with E-state index in [1.54, 1.807) is 4.90 Å². The zero-order valence-corrected chi connectivity index (χ0v) is 6.42. The first-order chi connectivity index (χ1) is 4.26. The Morgan fingerprint density at radius 2 is 2.11 bits per heavy atom. The summed E-state index contributed by atoms with van der Waals surface area (Å²) in [5.41, 5.74) is 0. The fraction of sp³-hybridized carbons (Fsp3) is 0.857. The van der Waals surface area contributed by atoms with Crippen LogP contribution in [0.15, 0.2) is 0 Å². The van der Waals surface area contributed by atoms with Gasteiger partial charge in [0.25, 0.3) is 0 Å². The van der Waals surface area contributed by atoms with Crippen LogP contribution in [0.2, 0.25) is 0 Å². The van der Waals surface area contributed by atoms with Crippen molar-refractivity contribution in [3.8, 4) is 0 Å². The van der Waals surface area contributed by atoms with Crippen molar-refractivity contribution >= 4 is 6.41 Å². The zero-order valence-electron chi connectivity index (χ0n) is 6.42. The molecule has 0 N–H and O–H groups in total. The van der Waals surface area contributed by atoms with Crippen LogP contribution in [-0.4, -0.2) is 23.9 Å². The molecule has 0 aliphatic carbocycles. The van der Waals surface area contributed by atoms with Crippen molar-refractivity contribution in [1.29, 1.82) is 0 Å². The van der Waals surface area contributed by atoms with Gasteiger partial charge in [-0.25, -0.2) is 0 Å². The highest BCUT2D eigenvalue weighted by molar-refractivity contribution is 5.47. The monoisotopic (exact) mass is 129 g/mol. The van der Waals surface area contributed by atoms with Gasteiger partial charge in [-0.3, -0.25) is 4.79 Å². The molecule has 1 amide bonds. The predicted molar refractivity (Wildman–Crippen MR) is 38.2 cm³/mol. The molecular formula is C7H15NO. The molecule has 9 heavy (non-hydrogen) atoms. The molecule has 0 aromatic rings. The summed E-state index contributed by atoms with van der Waals surface area (Å²) in [6.45, 7) is 6.94. The average molecular weight is 129 g/mol. The summed E-state index contributed by atoms with van der Waals surface area (Å²) in [5.74, 6) is 0. The summed E-state index contributed by atoms with van der Waals surface area (Å²) in [4.78, 5) is 12.1. The maximum absolute atomic E-state index is 10.3. The standard InChI is InChI=1S/C7H15NO/c1-4-7(3)8(5-2)6-9/h6-7H,4-5H2,1-3H3/t7-/m0/s1. The molecule has 0 rings (SSSR count). The number of carbonyl (C=O) groups is 1. The summed E-state index contributed by atoms with van der Waals surface area (Å²) < 4.78 is 0. The lowest BCUT2D eigenvalue weighted by atomic mass is 10.2. The summed E-state index contributed by atoms with van der Waals surface area (Å²) in [7, 11) is 0. The van der Waals surface area contributed by atoms with Gasteiger partial charge in [0.1, 0.15) is 0 Å². The second-order valence-corrected chi connectivity index (χ2v) is 2.19. The van der Waals surface area contributed by atoms with Crippen molar-refractivity contribution in [3.05, 3.63) is 0 Å². The Labute approximate surface area is 56.9 Å². The minimum Gasteiger partial charge on any atom is -0.343 e. The van der Waals surface area contributed by atoms with Crippen molar-refractivity contribution in [2.75, 3.05) is 6.54 Å². The van der Waals surface area contributed by atoms with Crippen LogP contribution in [0.3, 0.4) is 0 Å². The second kappa shape index (κ2) is 4.36. The molecule has 54 valence electrons. The second-order valence-electron chi connectivity index (χ2n) is 2.19. The fourth-order valence-electron chi connectivity index (χ4n) is 0.725. The SMILES string of the molecule is CC[C@H](C)N(C=O)CC. The highest BCUT2D eigenvalue weighted by atomic mass is 16.1. The van der Waals surface area contributed by atoms with Crippen molar-refractivity contribution in [1.82, 2.24) is 4.90 Å². The van der Waals surface area contributed by atoms with Gasteiger partial charge in [0.2, 0.25) is 6.41 Å². The van der Waals surface area contributed by atoms with E-state index in [0.717, 1.165) is 19.4 Å². The van der Waals surface area contributed by atoms with Crippen LogP contribution in [-0.2, 0) is 4.79 Å². The lowest BCUT2D eigenvalue weighted by molar-refractivity contribution is -0.119. The smallest absolute Gasteiger partial charge is 0.209 e. The van der Waals surface area contributed by atoms with Gasteiger partial charge in [-0.05, 0) is 20.3 Å². The van der Waals surface area contributed by atoms with Crippen LogP contribution in [0, 0.1) is 0 Å². The summed E-state index contributed by atoms with van der Waals surface area (Å²) in [6.07, 6.45) is 1.95. The number of nitrogens with zero attached hydrogens (tertiary/aromatic N) is 1. The van der Waals surface area contributed by atoms with E-state index >= 15 is 0 Å². The maximum atomic E-state index is 10.3. The summed E-state index contributed by atoms with van der Waals surface area (Å²) >= 11 is 0. The third-order valence-electron chi connectivity index (χ3n) is 1.66. The van der Waals surface area contributed by atoms with Gasteiger partial charge >= 0.3 is 0 Å². The molecule has 0 radical (unpaired) electrons. The van der Waals surface area contributed by atoms with Gasteiger partial charge in [0, 0.05) is 12.6 Å². The molecule has 2 nitrogen and oxygen atoms in total. The zero-order chi connectivity index (χ0) is 7.28. The van der Waals surface area contributed by atoms with E-state index in [4.69, 9.17) is 0 Å². The Morgan fingerprint density at radius 1 is 1.56 bits per heavy atom. The molecule has 0 aromatic carbocycles. The molecule has 0 heterocycles. The number of amides is 1. The van der Waals surface area contributed by atoms with Gasteiger partial charge in [-0.1, -0.05) is 6.92 Å². The molecule has 0 unspecified atom stereocenters. The highest BCUT2D eigenvalue weighted by Crippen LogP contribution is 1.98. The highest BCUT2D eigenvalue weighted by Gasteiger charge is 2.04. The predicted octanol–water partition coefficient (Wildman–Crippen LogP) is 1.26. The van der Waals surface area contributed by atoms with Crippen LogP contribution < -0.4 is 0 Å². The lowest BCUT2D eigenvalue weighted by Gasteiger charge is -2.21. The Bertz CT molecular complexity index is 83.0. The van der Waals surface area contributed by atoms with E-state index in [0.29, 0.717) is 6.04 Å². The van der Waals surface area contributed by atoms with Gasteiger partial charge < -0.3 is 4.90 Å². The van der Waals surface area contributed by atoms with E-state index in [-0.39, 0.29) is 0 Å². The third-order valence-corrected chi connectivity index (χ3v) is 1.66. The molecule has 0 saturated heterocycles. The molecule has 1 atom stereocenters. The van der Waals surface area contributed by atoms with Gasteiger partial charge in [0.15, 0.2) is 0 Å². The normalized spacial score (nSPS) is 12.8. The molecule has 0 bridgehead atoms. The van der Waals surface area contributed by atoms with E-state index in [2.05, 4.69) is 13.8 Å². The van der Waals surface area contributed by atoms with E-state index in [1.165, 1.54) is 0 Å². The number of hydrogen-bond donors (Lipinski definition) is 0.